The van der Waals surface area contributed by atoms with Gasteiger partial charge in [-0.3, -0.25) is 4.79 Å². The molecule has 2 N–H and O–H groups in total. The summed E-state index contributed by atoms with van der Waals surface area (Å²) in [7, 11) is -3.92. The summed E-state index contributed by atoms with van der Waals surface area (Å²) < 4.78 is 34.0. The topological polar surface area (TPSA) is 88.4 Å². The van der Waals surface area contributed by atoms with E-state index in [4.69, 9.17) is 4.42 Å². The van der Waals surface area contributed by atoms with E-state index in [0.29, 0.717) is 5.76 Å². The Morgan fingerprint density at radius 1 is 0.871 bits per heavy atom. The number of amides is 1. The molecule has 6 nitrogen and oxygen atoms in total. The number of hydrogen-bond donors (Lipinski definition) is 2. The lowest BCUT2D eigenvalue weighted by Crippen LogP contribution is -2.47. The molecule has 0 unspecified atom stereocenters. The highest BCUT2D eigenvalue weighted by Crippen LogP contribution is 2.19. The van der Waals surface area contributed by atoms with Gasteiger partial charge in [0.05, 0.1) is 17.7 Å². The van der Waals surface area contributed by atoms with Crippen molar-refractivity contribution >= 4 is 26.7 Å². The Hall–Kier alpha value is -3.42. The second-order valence-electron chi connectivity index (χ2n) is 7.17. The van der Waals surface area contributed by atoms with Crippen LogP contribution in [0.25, 0.3) is 10.8 Å². The highest BCUT2D eigenvalue weighted by Gasteiger charge is 2.26. The van der Waals surface area contributed by atoms with Crippen LogP contribution in [0, 0.1) is 0 Å². The maximum Gasteiger partial charge on any atom is 0.241 e. The third-order valence-electron chi connectivity index (χ3n) is 4.94. The fourth-order valence-electron chi connectivity index (χ4n) is 3.34. The van der Waals surface area contributed by atoms with E-state index in [9.17, 15) is 13.2 Å². The summed E-state index contributed by atoms with van der Waals surface area (Å²) >= 11 is 0. The fraction of sp³-hybridized carbons (Fsp3) is 0.125. The molecule has 0 aliphatic carbocycles. The molecule has 0 spiro atoms. The van der Waals surface area contributed by atoms with Crippen molar-refractivity contribution in [2.24, 2.45) is 0 Å². The second kappa shape index (κ2) is 9.16. The Balaban J connectivity index is 1.57. The van der Waals surface area contributed by atoms with E-state index in [0.717, 1.165) is 16.3 Å². The van der Waals surface area contributed by atoms with Gasteiger partial charge in [0.1, 0.15) is 11.8 Å². The molecule has 31 heavy (non-hydrogen) atoms. The molecule has 4 rings (SSSR count). The second-order valence-corrected chi connectivity index (χ2v) is 8.88. The molecule has 158 valence electrons. The van der Waals surface area contributed by atoms with Gasteiger partial charge in [0.2, 0.25) is 15.9 Å². The SMILES string of the molecule is O=C(NCc1ccco1)[C@@H](Cc1ccccc1)NS(=O)(=O)c1ccc2ccccc2c1. The normalized spacial score (nSPS) is 12.5. The van der Waals surface area contributed by atoms with Gasteiger partial charge < -0.3 is 9.73 Å². The van der Waals surface area contributed by atoms with E-state index in [1.165, 1.54) is 6.26 Å². The zero-order chi connectivity index (χ0) is 21.7. The summed E-state index contributed by atoms with van der Waals surface area (Å²) in [6, 6.07) is 24.2. The Kier molecular flexibility index (Phi) is 6.16. The highest BCUT2D eigenvalue weighted by molar-refractivity contribution is 7.89. The summed E-state index contributed by atoms with van der Waals surface area (Å²) in [5.41, 5.74) is 0.849. The van der Waals surface area contributed by atoms with E-state index >= 15 is 0 Å². The van der Waals surface area contributed by atoms with E-state index < -0.39 is 22.0 Å². The molecule has 4 aromatic rings. The van der Waals surface area contributed by atoms with Crippen molar-refractivity contribution in [3.63, 3.8) is 0 Å². The van der Waals surface area contributed by atoms with Crippen molar-refractivity contribution in [2.75, 3.05) is 0 Å². The first-order valence-corrected chi connectivity index (χ1v) is 11.3. The average Bonchev–Trinajstić information content (AvgIpc) is 3.31. The number of carbonyl (C=O) groups is 1. The van der Waals surface area contributed by atoms with Gasteiger partial charge >= 0.3 is 0 Å². The molecule has 3 aromatic carbocycles. The number of nitrogens with one attached hydrogen (secondary N) is 2. The number of benzene rings is 3. The van der Waals surface area contributed by atoms with E-state index in [-0.39, 0.29) is 17.9 Å². The lowest BCUT2D eigenvalue weighted by Gasteiger charge is -2.19. The summed E-state index contributed by atoms with van der Waals surface area (Å²) in [6.07, 6.45) is 1.74. The first-order valence-electron chi connectivity index (χ1n) is 9.86. The molecule has 0 radical (unpaired) electrons. The monoisotopic (exact) mass is 434 g/mol. The number of fused-ring (bicyclic) bond motifs is 1. The molecular formula is C24H22N2O4S. The molecule has 1 amide bonds. The maximum absolute atomic E-state index is 13.1. The zero-order valence-corrected chi connectivity index (χ0v) is 17.5. The minimum absolute atomic E-state index is 0.114. The van der Waals surface area contributed by atoms with Gasteiger partial charge in [0, 0.05) is 0 Å². The largest absolute Gasteiger partial charge is 0.467 e. The van der Waals surface area contributed by atoms with Crippen LogP contribution in [0.4, 0.5) is 0 Å². The highest BCUT2D eigenvalue weighted by atomic mass is 32.2. The Bertz CT molecular complexity index is 1270. The predicted molar refractivity (Wildman–Crippen MR) is 119 cm³/mol. The lowest BCUT2D eigenvalue weighted by atomic mass is 10.1. The van der Waals surface area contributed by atoms with Gasteiger partial charge in [-0.1, -0.05) is 60.7 Å². The first kappa shape index (κ1) is 20.8. The molecule has 0 saturated heterocycles. The van der Waals surface area contributed by atoms with E-state index in [1.807, 2.05) is 54.6 Å². The van der Waals surface area contributed by atoms with Crippen LogP contribution >= 0.6 is 0 Å². The van der Waals surface area contributed by atoms with E-state index in [2.05, 4.69) is 10.0 Å². The summed E-state index contributed by atoms with van der Waals surface area (Å²) in [5.74, 6) is 0.161. The average molecular weight is 435 g/mol. The minimum atomic E-state index is -3.92. The molecule has 1 heterocycles. The predicted octanol–water partition coefficient (Wildman–Crippen LogP) is 3.64. The Labute approximate surface area is 181 Å². The molecule has 1 aromatic heterocycles. The number of furan rings is 1. The van der Waals surface area contributed by atoms with Crippen LogP contribution in [-0.2, 0) is 27.8 Å². The molecule has 0 bridgehead atoms. The van der Waals surface area contributed by atoms with Crippen LogP contribution in [0.5, 0.6) is 0 Å². The minimum Gasteiger partial charge on any atom is -0.467 e. The van der Waals surface area contributed by atoms with Crippen molar-refractivity contribution in [3.8, 4) is 0 Å². The molecular weight excluding hydrogens is 412 g/mol. The van der Waals surface area contributed by atoms with Crippen LogP contribution in [0.15, 0.2) is 101 Å². The maximum atomic E-state index is 13.1. The van der Waals surface area contributed by atoms with Crippen LogP contribution in [0.3, 0.4) is 0 Å². The number of rotatable bonds is 8. The number of carbonyl (C=O) groups excluding carboxylic acids is 1. The van der Waals surface area contributed by atoms with Crippen LogP contribution < -0.4 is 10.0 Å². The number of sulfonamides is 1. The lowest BCUT2D eigenvalue weighted by molar-refractivity contribution is -0.122. The van der Waals surface area contributed by atoms with Gasteiger partial charge in [-0.2, -0.15) is 4.72 Å². The van der Waals surface area contributed by atoms with Crippen LogP contribution in [-0.4, -0.2) is 20.4 Å². The van der Waals surface area contributed by atoms with Crippen molar-refractivity contribution in [1.29, 1.82) is 0 Å². The third kappa shape index (κ3) is 5.20. The van der Waals surface area contributed by atoms with Gasteiger partial charge in [-0.15, -0.1) is 0 Å². The van der Waals surface area contributed by atoms with Crippen LogP contribution in [0.2, 0.25) is 0 Å². The number of hydrogen-bond acceptors (Lipinski definition) is 4. The molecule has 1 atom stereocenters. The molecule has 0 saturated carbocycles. The van der Waals surface area contributed by atoms with Gasteiger partial charge in [0.25, 0.3) is 0 Å². The molecule has 0 aliphatic heterocycles. The molecule has 7 heteroatoms. The molecule has 0 fully saturated rings. The van der Waals surface area contributed by atoms with Gasteiger partial charge in [-0.25, -0.2) is 8.42 Å². The van der Waals surface area contributed by atoms with E-state index in [1.54, 1.807) is 30.3 Å². The standard InChI is InChI=1S/C24H22N2O4S/c27-24(25-17-21-11-6-14-30-21)23(15-18-7-2-1-3-8-18)26-31(28,29)22-13-12-19-9-4-5-10-20(19)16-22/h1-14,16,23,26H,15,17H2,(H,25,27)/t23-/m1/s1. The summed E-state index contributed by atoms with van der Waals surface area (Å²) in [4.78, 5) is 13.0. The zero-order valence-electron chi connectivity index (χ0n) is 16.7. The van der Waals surface area contributed by atoms with Crippen molar-refractivity contribution in [2.45, 2.75) is 23.9 Å². The van der Waals surface area contributed by atoms with Crippen molar-refractivity contribution in [3.05, 3.63) is 103 Å². The summed E-state index contributed by atoms with van der Waals surface area (Å²) in [5, 5.41) is 4.50. The van der Waals surface area contributed by atoms with Crippen molar-refractivity contribution < 1.29 is 17.6 Å². The quantitative estimate of drug-likeness (QED) is 0.443. The third-order valence-corrected chi connectivity index (χ3v) is 6.41. The van der Waals surface area contributed by atoms with Crippen LogP contribution in [0.1, 0.15) is 11.3 Å². The first-order chi connectivity index (χ1) is 15.0. The fourth-order valence-corrected chi connectivity index (χ4v) is 4.57. The Morgan fingerprint density at radius 3 is 2.35 bits per heavy atom. The molecule has 0 aliphatic rings. The van der Waals surface area contributed by atoms with Crippen molar-refractivity contribution in [1.82, 2.24) is 10.0 Å². The summed E-state index contributed by atoms with van der Waals surface area (Å²) in [6.45, 7) is 0.175. The Morgan fingerprint density at radius 2 is 1.61 bits per heavy atom. The smallest absolute Gasteiger partial charge is 0.241 e. The van der Waals surface area contributed by atoms with Gasteiger partial charge in [0.15, 0.2) is 0 Å². The van der Waals surface area contributed by atoms with Gasteiger partial charge in [-0.05, 0) is 47.0 Å².